The maximum Gasteiger partial charge on any atom is 0.251 e. The molecule has 0 radical (unpaired) electrons. The van der Waals surface area contributed by atoms with Crippen molar-refractivity contribution in [1.29, 1.82) is 0 Å². The molecule has 2 N–H and O–H groups in total. The maximum atomic E-state index is 12.6. The average molecular weight is 344 g/mol. The van der Waals surface area contributed by atoms with Crippen LogP contribution in [-0.4, -0.2) is 20.4 Å². The summed E-state index contributed by atoms with van der Waals surface area (Å²) >= 11 is 0. The van der Waals surface area contributed by atoms with Crippen molar-refractivity contribution in [3.8, 4) is 0 Å². The van der Waals surface area contributed by atoms with E-state index in [2.05, 4.69) is 10.0 Å². The van der Waals surface area contributed by atoms with Crippen LogP contribution in [0.15, 0.2) is 53.4 Å². The van der Waals surface area contributed by atoms with Gasteiger partial charge in [0.2, 0.25) is 10.0 Å². The molecule has 1 aliphatic rings. The van der Waals surface area contributed by atoms with Crippen LogP contribution in [0.25, 0.3) is 0 Å². The number of nitrogens with one attached hydrogen (secondary N) is 2. The molecular formula is C18H20N2O3S. The van der Waals surface area contributed by atoms with Gasteiger partial charge in [-0.1, -0.05) is 36.4 Å². The van der Waals surface area contributed by atoms with Crippen molar-refractivity contribution in [2.75, 3.05) is 0 Å². The first-order chi connectivity index (χ1) is 11.5. The molecule has 0 heterocycles. The van der Waals surface area contributed by atoms with Crippen molar-refractivity contribution in [3.63, 3.8) is 0 Å². The summed E-state index contributed by atoms with van der Waals surface area (Å²) in [5.74, 6) is -0.225. The Bertz CT molecular complexity index is 844. The lowest BCUT2D eigenvalue weighted by atomic mass is 10.1. The van der Waals surface area contributed by atoms with Gasteiger partial charge < -0.3 is 5.32 Å². The summed E-state index contributed by atoms with van der Waals surface area (Å²) in [6.45, 7) is 1.93. The molecule has 24 heavy (non-hydrogen) atoms. The SMILES string of the molecule is Cc1ccc(C(=O)NC2CC2)cc1S(=O)(=O)NCc1ccccc1. The fourth-order valence-electron chi connectivity index (χ4n) is 2.38. The first kappa shape index (κ1) is 16.7. The number of carbonyl (C=O) groups excluding carboxylic acids is 1. The van der Waals surface area contributed by atoms with Crippen molar-refractivity contribution in [1.82, 2.24) is 10.0 Å². The molecule has 1 saturated carbocycles. The highest BCUT2D eigenvalue weighted by molar-refractivity contribution is 7.89. The third-order valence-corrected chi connectivity index (χ3v) is 5.50. The van der Waals surface area contributed by atoms with E-state index in [9.17, 15) is 13.2 Å². The van der Waals surface area contributed by atoms with Crippen LogP contribution in [0.5, 0.6) is 0 Å². The fourth-order valence-corrected chi connectivity index (χ4v) is 3.67. The predicted molar refractivity (Wildman–Crippen MR) is 92.1 cm³/mol. The molecule has 0 spiro atoms. The van der Waals surface area contributed by atoms with Gasteiger partial charge in [-0.3, -0.25) is 4.79 Å². The molecule has 1 aliphatic carbocycles. The molecule has 2 aromatic carbocycles. The van der Waals surface area contributed by atoms with Crippen LogP contribution in [0.1, 0.15) is 34.3 Å². The number of hydrogen-bond acceptors (Lipinski definition) is 3. The second-order valence-corrected chi connectivity index (χ2v) is 7.77. The molecule has 0 bridgehead atoms. The summed E-state index contributed by atoms with van der Waals surface area (Å²) in [7, 11) is -3.69. The van der Waals surface area contributed by atoms with Crippen molar-refractivity contribution in [2.24, 2.45) is 0 Å². The standard InChI is InChI=1S/C18H20N2O3S/c1-13-7-8-15(18(21)20-16-9-10-16)11-17(13)24(22,23)19-12-14-5-3-2-4-6-14/h2-8,11,16,19H,9-10,12H2,1H3,(H,20,21). The summed E-state index contributed by atoms with van der Waals surface area (Å²) in [5.41, 5.74) is 1.85. The molecule has 0 aliphatic heterocycles. The molecular weight excluding hydrogens is 324 g/mol. The molecule has 6 heteroatoms. The van der Waals surface area contributed by atoms with Gasteiger partial charge in [0.15, 0.2) is 0 Å². The zero-order chi connectivity index (χ0) is 17.2. The molecule has 5 nitrogen and oxygen atoms in total. The first-order valence-corrected chi connectivity index (χ1v) is 9.39. The molecule has 3 rings (SSSR count). The van der Waals surface area contributed by atoms with Gasteiger partial charge in [0.05, 0.1) is 4.90 Å². The number of sulfonamides is 1. The number of hydrogen-bond donors (Lipinski definition) is 2. The van der Waals surface area contributed by atoms with Crippen LogP contribution in [0, 0.1) is 6.92 Å². The zero-order valence-corrected chi connectivity index (χ0v) is 14.3. The highest BCUT2D eigenvalue weighted by Crippen LogP contribution is 2.21. The summed E-state index contributed by atoms with van der Waals surface area (Å²) in [6, 6.07) is 14.3. The van der Waals surface area contributed by atoms with Gasteiger partial charge in [0, 0.05) is 18.2 Å². The Labute approximate surface area is 142 Å². The first-order valence-electron chi connectivity index (χ1n) is 7.91. The normalized spacial score (nSPS) is 14.4. The summed E-state index contributed by atoms with van der Waals surface area (Å²) in [4.78, 5) is 12.3. The summed E-state index contributed by atoms with van der Waals surface area (Å²) in [6.07, 6.45) is 1.97. The van der Waals surface area contributed by atoms with Crippen LogP contribution >= 0.6 is 0 Å². The van der Waals surface area contributed by atoms with Crippen LogP contribution in [0.2, 0.25) is 0 Å². The van der Waals surface area contributed by atoms with Gasteiger partial charge in [-0.25, -0.2) is 13.1 Å². The van der Waals surface area contributed by atoms with E-state index in [0.717, 1.165) is 18.4 Å². The van der Waals surface area contributed by atoms with Crippen LogP contribution in [-0.2, 0) is 16.6 Å². The third kappa shape index (κ3) is 4.01. The van der Waals surface area contributed by atoms with E-state index in [4.69, 9.17) is 0 Å². The number of carbonyl (C=O) groups is 1. The smallest absolute Gasteiger partial charge is 0.251 e. The minimum Gasteiger partial charge on any atom is -0.349 e. The molecule has 0 aromatic heterocycles. The largest absolute Gasteiger partial charge is 0.349 e. The molecule has 126 valence electrons. The van der Waals surface area contributed by atoms with Crippen LogP contribution in [0.3, 0.4) is 0 Å². The fraction of sp³-hybridized carbons (Fsp3) is 0.278. The Morgan fingerprint density at radius 3 is 2.50 bits per heavy atom. The van der Waals surface area contributed by atoms with Gasteiger partial charge in [0.25, 0.3) is 5.91 Å². The Morgan fingerprint density at radius 2 is 1.83 bits per heavy atom. The van der Waals surface area contributed by atoms with Gasteiger partial charge >= 0.3 is 0 Å². The molecule has 0 saturated heterocycles. The summed E-state index contributed by atoms with van der Waals surface area (Å²) in [5, 5.41) is 2.87. The van der Waals surface area contributed by atoms with Crippen molar-refractivity contribution in [2.45, 2.75) is 37.2 Å². The minimum absolute atomic E-state index is 0.141. The van der Waals surface area contributed by atoms with Gasteiger partial charge in [0.1, 0.15) is 0 Å². The molecule has 0 unspecified atom stereocenters. The van der Waals surface area contributed by atoms with E-state index in [1.807, 2.05) is 30.3 Å². The topological polar surface area (TPSA) is 75.3 Å². The van der Waals surface area contributed by atoms with E-state index in [1.165, 1.54) is 6.07 Å². The highest BCUT2D eigenvalue weighted by atomic mass is 32.2. The maximum absolute atomic E-state index is 12.6. The molecule has 1 fully saturated rings. The zero-order valence-electron chi connectivity index (χ0n) is 13.5. The number of rotatable bonds is 6. The van der Waals surface area contributed by atoms with E-state index < -0.39 is 10.0 Å². The summed E-state index contributed by atoms with van der Waals surface area (Å²) < 4.78 is 27.8. The second kappa shape index (κ2) is 6.75. The van der Waals surface area contributed by atoms with Crippen molar-refractivity contribution < 1.29 is 13.2 Å². The average Bonchev–Trinajstić information content (AvgIpc) is 3.38. The molecule has 2 aromatic rings. The Balaban J connectivity index is 1.79. The lowest BCUT2D eigenvalue weighted by molar-refractivity contribution is 0.0951. The Kier molecular flexibility index (Phi) is 4.69. The minimum atomic E-state index is -3.69. The van der Waals surface area contributed by atoms with Gasteiger partial charge in [-0.2, -0.15) is 0 Å². The number of amides is 1. The van der Waals surface area contributed by atoms with E-state index in [1.54, 1.807) is 19.1 Å². The van der Waals surface area contributed by atoms with Gasteiger partial charge in [-0.15, -0.1) is 0 Å². The van der Waals surface area contributed by atoms with Crippen LogP contribution < -0.4 is 10.0 Å². The monoisotopic (exact) mass is 344 g/mol. The lowest BCUT2D eigenvalue weighted by Crippen LogP contribution is -2.27. The van der Waals surface area contributed by atoms with E-state index >= 15 is 0 Å². The second-order valence-electron chi connectivity index (χ2n) is 6.04. The van der Waals surface area contributed by atoms with Crippen molar-refractivity contribution in [3.05, 3.63) is 65.2 Å². The molecule has 1 amide bonds. The number of benzene rings is 2. The Hall–Kier alpha value is -2.18. The number of aryl methyl sites for hydroxylation is 1. The lowest BCUT2D eigenvalue weighted by Gasteiger charge is -2.11. The predicted octanol–water partition coefficient (Wildman–Crippen LogP) is 2.37. The molecule has 0 atom stereocenters. The van der Waals surface area contributed by atoms with E-state index in [0.29, 0.717) is 11.1 Å². The van der Waals surface area contributed by atoms with E-state index in [-0.39, 0.29) is 23.4 Å². The quantitative estimate of drug-likeness (QED) is 0.845. The van der Waals surface area contributed by atoms with Gasteiger partial charge in [-0.05, 0) is 43.0 Å². The highest BCUT2D eigenvalue weighted by Gasteiger charge is 2.25. The van der Waals surface area contributed by atoms with Crippen molar-refractivity contribution >= 4 is 15.9 Å². The van der Waals surface area contributed by atoms with Crippen LogP contribution in [0.4, 0.5) is 0 Å². The third-order valence-electron chi connectivity index (χ3n) is 3.96. The Morgan fingerprint density at radius 1 is 1.12 bits per heavy atom.